The number of methoxy groups -OCH3 is 1. The molecule has 6 nitrogen and oxygen atoms in total. The summed E-state index contributed by atoms with van der Waals surface area (Å²) >= 11 is 0. The molecule has 0 heterocycles. The van der Waals surface area contributed by atoms with E-state index in [4.69, 9.17) is 9.47 Å². The van der Waals surface area contributed by atoms with Gasteiger partial charge in [0.05, 0.1) is 19.1 Å². The molecule has 0 saturated heterocycles. The topological polar surface area (TPSA) is 89.9 Å². The van der Waals surface area contributed by atoms with E-state index in [1.165, 1.54) is 7.11 Å². The number of fused-ring (bicyclic) bond motifs is 5. The van der Waals surface area contributed by atoms with Gasteiger partial charge < -0.3 is 14.6 Å². The van der Waals surface area contributed by atoms with E-state index in [0.717, 1.165) is 18.4 Å². The summed E-state index contributed by atoms with van der Waals surface area (Å²) in [4.78, 5) is 37.4. The van der Waals surface area contributed by atoms with Crippen molar-refractivity contribution in [1.29, 1.82) is 0 Å². The smallest absolute Gasteiger partial charge is 0.309 e. The summed E-state index contributed by atoms with van der Waals surface area (Å²) in [5.74, 6) is -0.849. The van der Waals surface area contributed by atoms with E-state index < -0.39 is 23.0 Å². The van der Waals surface area contributed by atoms with E-state index in [1.54, 1.807) is 13.0 Å². The fourth-order valence-electron chi connectivity index (χ4n) is 7.76. The number of ether oxygens (including phenoxy) is 2. The maximum absolute atomic E-state index is 13.0. The molecule has 4 aliphatic carbocycles. The molecule has 1 N–H and O–H groups in total. The Kier molecular flexibility index (Phi) is 5.39. The molecular weight excluding hydrogens is 396 g/mol. The van der Waals surface area contributed by atoms with Gasteiger partial charge in [0.1, 0.15) is 5.60 Å². The lowest BCUT2D eigenvalue weighted by Crippen LogP contribution is -2.62. The third-order valence-electron chi connectivity index (χ3n) is 9.62. The molecule has 0 aromatic heterocycles. The van der Waals surface area contributed by atoms with E-state index >= 15 is 0 Å². The summed E-state index contributed by atoms with van der Waals surface area (Å²) in [7, 11) is 1.41. The first kappa shape index (κ1) is 22.5. The van der Waals surface area contributed by atoms with Gasteiger partial charge >= 0.3 is 11.9 Å². The lowest BCUT2D eigenvalue weighted by Gasteiger charge is -2.62. The van der Waals surface area contributed by atoms with Crippen molar-refractivity contribution in [3.63, 3.8) is 0 Å². The van der Waals surface area contributed by atoms with Gasteiger partial charge in [-0.1, -0.05) is 26.3 Å². The minimum Gasteiger partial charge on any atom is -0.469 e. The van der Waals surface area contributed by atoms with Crippen LogP contribution in [0.15, 0.2) is 11.6 Å². The Morgan fingerprint density at radius 3 is 2.58 bits per heavy atom. The zero-order chi connectivity index (χ0) is 22.8. The third-order valence-corrected chi connectivity index (χ3v) is 9.62. The molecule has 0 aromatic rings. The van der Waals surface area contributed by atoms with E-state index in [0.29, 0.717) is 32.1 Å². The molecule has 0 aromatic carbocycles. The quantitative estimate of drug-likeness (QED) is 0.686. The van der Waals surface area contributed by atoms with Crippen LogP contribution in [0.25, 0.3) is 0 Å². The van der Waals surface area contributed by atoms with Crippen LogP contribution in [0.2, 0.25) is 0 Å². The normalized spacial score (nSPS) is 46.3. The van der Waals surface area contributed by atoms with Crippen molar-refractivity contribution in [3.05, 3.63) is 11.6 Å². The molecule has 31 heavy (non-hydrogen) atoms. The molecule has 0 bridgehead atoms. The van der Waals surface area contributed by atoms with Crippen LogP contribution in [0.5, 0.6) is 0 Å². The highest BCUT2D eigenvalue weighted by Crippen LogP contribution is 2.69. The number of rotatable bonds is 3. The van der Waals surface area contributed by atoms with Crippen molar-refractivity contribution in [2.24, 2.45) is 34.5 Å². The van der Waals surface area contributed by atoms with Crippen LogP contribution in [0.1, 0.15) is 72.6 Å². The molecule has 3 unspecified atom stereocenters. The Morgan fingerprint density at radius 1 is 1.23 bits per heavy atom. The molecule has 4 aliphatic rings. The Bertz CT molecular complexity index is 832. The summed E-state index contributed by atoms with van der Waals surface area (Å²) in [6.07, 6.45) is 5.17. The van der Waals surface area contributed by atoms with Gasteiger partial charge in [-0.2, -0.15) is 0 Å². The number of hydrogen-bond acceptors (Lipinski definition) is 6. The van der Waals surface area contributed by atoms with E-state index in [9.17, 15) is 19.5 Å². The van der Waals surface area contributed by atoms with E-state index in [2.05, 4.69) is 13.8 Å². The molecule has 0 aliphatic heterocycles. The minimum absolute atomic E-state index is 0.0706. The average molecular weight is 433 g/mol. The zero-order valence-corrected chi connectivity index (χ0v) is 19.4. The van der Waals surface area contributed by atoms with Crippen LogP contribution in [-0.2, 0) is 23.9 Å². The van der Waals surface area contributed by atoms with Crippen LogP contribution in [-0.4, -0.2) is 41.6 Å². The summed E-state index contributed by atoms with van der Waals surface area (Å²) in [6, 6.07) is 0. The molecular formula is C25H36O6. The van der Waals surface area contributed by atoms with Gasteiger partial charge in [0.2, 0.25) is 0 Å². The average Bonchev–Trinajstić information content (AvgIpc) is 2.97. The number of carbonyl (C=O) groups excluding carboxylic acids is 3. The molecule has 172 valence electrons. The number of ketones is 1. The maximum atomic E-state index is 13.0. The van der Waals surface area contributed by atoms with Gasteiger partial charge in [-0.15, -0.1) is 0 Å². The predicted octanol–water partition coefficient (Wildman–Crippen LogP) is 3.60. The predicted molar refractivity (Wildman–Crippen MR) is 114 cm³/mol. The summed E-state index contributed by atoms with van der Waals surface area (Å²) < 4.78 is 11.2. The first-order chi connectivity index (χ1) is 14.5. The highest BCUT2D eigenvalue weighted by atomic mass is 16.6. The van der Waals surface area contributed by atoms with Crippen molar-refractivity contribution in [3.8, 4) is 0 Å². The summed E-state index contributed by atoms with van der Waals surface area (Å²) in [6.45, 7) is 8.07. The van der Waals surface area contributed by atoms with Crippen molar-refractivity contribution in [2.45, 2.75) is 84.3 Å². The second-order valence-electron chi connectivity index (χ2n) is 10.9. The molecule has 8 atom stereocenters. The number of aliphatic hydroxyl groups is 1. The SMILES string of the molecule is CCC(=O)O[C@@]1(C)CCC2C3C([C@H](O)C[C@@]21C)[C@@]1(C)CCC(=O)C=C1C[C@H]3C(=O)OC. The summed E-state index contributed by atoms with van der Waals surface area (Å²) in [5.41, 5.74) is -0.409. The number of aliphatic hydroxyl groups excluding tert-OH is 1. The third kappa shape index (κ3) is 3.12. The largest absolute Gasteiger partial charge is 0.469 e. The molecule has 6 heteroatoms. The Balaban J connectivity index is 1.80. The molecule has 3 saturated carbocycles. The Labute approximate surface area is 184 Å². The molecule has 4 rings (SSSR count). The number of esters is 2. The fraction of sp³-hybridized carbons (Fsp3) is 0.800. The highest BCUT2D eigenvalue weighted by Gasteiger charge is 2.69. The standard InChI is InChI=1S/C25H36O6/c1-6-19(28)31-25(4)10-8-17-20-16(22(29)30-5)12-14-11-15(26)7-9-23(14,2)21(20)18(27)13-24(17,25)3/h11,16-18,20-21,27H,6-10,12-13H2,1-5H3/t16-,17?,18-,20?,21?,23+,24+,25+/m1/s1. The minimum atomic E-state index is -0.670. The van der Waals surface area contributed by atoms with Gasteiger partial charge in [-0.05, 0) is 68.3 Å². The van der Waals surface area contributed by atoms with Crippen LogP contribution >= 0.6 is 0 Å². The summed E-state index contributed by atoms with van der Waals surface area (Å²) in [5, 5.41) is 11.6. The van der Waals surface area contributed by atoms with Crippen molar-refractivity contribution < 1.29 is 29.0 Å². The second kappa shape index (κ2) is 7.43. The highest BCUT2D eigenvalue weighted by molar-refractivity contribution is 5.92. The van der Waals surface area contributed by atoms with E-state index in [1.807, 2.05) is 6.92 Å². The van der Waals surface area contributed by atoms with Gasteiger partial charge in [-0.25, -0.2) is 0 Å². The van der Waals surface area contributed by atoms with Gasteiger partial charge in [0, 0.05) is 18.3 Å². The number of allylic oxidation sites excluding steroid dienone is 1. The molecule has 0 radical (unpaired) electrons. The van der Waals surface area contributed by atoms with Crippen LogP contribution in [0.4, 0.5) is 0 Å². The zero-order valence-electron chi connectivity index (χ0n) is 19.4. The maximum Gasteiger partial charge on any atom is 0.309 e. The van der Waals surface area contributed by atoms with Crippen molar-refractivity contribution in [2.75, 3.05) is 7.11 Å². The Hall–Kier alpha value is -1.69. The monoisotopic (exact) mass is 432 g/mol. The second-order valence-corrected chi connectivity index (χ2v) is 10.9. The number of hydrogen-bond donors (Lipinski definition) is 1. The molecule has 0 amide bonds. The van der Waals surface area contributed by atoms with Crippen LogP contribution < -0.4 is 0 Å². The first-order valence-electron chi connectivity index (χ1n) is 11.7. The number of carbonyl (C=O) groups is 3. The fourth-order valence-corrected chi connectivity index (χ4v) is 7.76. The lowest BCUT2D eigenvalue weighted by molar-refractivity contribution is -0.203. The molecule has 3 fully saturated rings. The molecule has 0 spiro atoms. The van der Waals surface area contributed by atoms with Gasteiger partial charge in [0.15, 0.2) is 5.78 Å². The van der Waals surface area contributed by atoms with Gasteiger partial charge in [0.25, 0.3) is 0 Å². The van der Waals surface area contributed by atoms with E-state index in [-0.39, 0.29) is 40.9 Å². The van der Waals surface area contributed by atoms with Crippen molar-refractivity contribution in [1.82, 2.24) is 0 Å². The van der Waals surface area contributed by atoms with Crippen LogP contribution in [0, 0.1) is 34.5 Å². The van der Waals surface area contributed by atoms with Crippen molar-refractivity contribution >= 4 is 17.7 Å². The first-order valence-corrected chi connectivity index (χ1v) is 11.7. The lowest BCUT2D eigenvalue weighted by atomic mass is 9.43. The van der Waals surface area contributed by atoms with Gasteiger partial charge in [-0.3, -0.25) is 14.4 Å². The Morgan fingerprint density at radius 2 is 1.94 bits per heavy atom. The van der Waals surface area contributed by atoms with Crippen LogP contribution in [0.3, 0.4) is 0 Å².